The summed E-state index contributed by atoms with van der Waals surface area (Å²) < 4.78 is 29.6. The minimum absolute atomic E-state index is 0.0475. The quantitative estimate of drug-likeness (QED) is 0.731. The Morgan fingerprint density at radius 3 is 2.54 bits per heavy atom. The molecule has 0 radical (unpaired) electrons. The Balaban J connectivity index is 1.85. The molecule has 1 N–H and O–H groups in total. The zero-order valence-corrected chi connectivity index (χ0v) is 15.2. The van der Waals surface area contributed by atoms with Gasteiger partial charge in [-0.15, -0.1) is 0 Å². The summed E-state index contributed by atoms with van der Waals surface area (Å²) in [5.41, 5.74) is 1.91. The molecular weight excluding hydrogens is 368 g/mol. The van der Waals surface area contributed by atoms with Crippen LogP contribution in [0.4, 0.5) is 5.69 Å². The molecule has 0 aliphatic carbocycles. The second-order valence-electron chi connectivity index (χ2n) is 5.28. The van der Waals surface area contributed by atoms with Crippen molar-refractivity contribution < 1.29 is 8.42 Å². The first-order valence-electron chi connectivity index (χ1n) is 7.26. The third-order valence-electron chi connectivity index (χ3n) is 3.53. The molecule has 5 nitrogen and oxygen atoms in total. The third-order valence-corrected chi connectivity index (χ3v) is 5.98. The van der Waals surface area contributed by atoms with Crippen LogP contribution >= 0.6 is 22.9 Å². The number of anilines is 1. The van der Waals surface area contributed by atoms with Crippen molar-refractivity contribution in [1.29, 1.82) is 0 Å². The SMILES string of the molecule is CCn1c(=O)sc2cc(NS(=O)(=O)Cc3ccc(Cl)cc3)ccc21. The standard InChI is InChI=1S/C16H15ClN2O3S2/c1-2-19-14-8-7-13(9-15(14)23-16(19)20)18-24(21,22)10-11-3-5-12(17)6-4-11/h3-9,18H,2,10H2,1H3. The summed E-state index contributed by atoms with van der Waals surface area (Å²) in [5, 5.41) is 0.560. The molecule has 8 heteroatoms. The van der Waals surface area contributed by atoms with Gasteiger partial charge in [0.25, 0.3) is 0 Å². The van der Waals surface area contributed by atoms with E-state index in [9.17, 15) is 13.2 Å². The monoisotopic (exact) mass is 382 g/mol. The number of nitrogens with zero attached hydrogens (tertiary/aromatic N) is 1. The molecule has 24 heavy (non-hydrogen) atoms. The molecule has 126 valence electrons. The molecule has 0 aliphatic rings. The Kier molecular flexibility index (Phi) is 4.67. The lowest BCUT2D eigenvalue weighted by molar-refractivity contribution is 0.600. The normalized spacial score (nSPS) is 11.8. The van der Waals surface area contributed by atoms with Crippen molar-refractivity contribution in [1.82, 2.24) is 4.57 Å². The Hall–Kier alpha value is -1.83. The van der Waals surface area contributed by atoms with Gasteiger partial charge in [0.2, 0.25) is 10.0 Å². The van der Waals surface area contributed by atoms with Crippen molar-refractivity contribution in [2.75, 3.05) is 4.72 Å². The molecule has 0 saturated carbocycles. The number of thiazole rings is 1. The minimum atomic E-state index is -3.55. The van der Waals surface area contributed by atoms with Crippen LogP contribution in [0.15, 0.2) is 47.3 Å². The highest BCUT2D eigenvalue weighted by molar-refractivity contribution is 7.91. The zero-order chi connectivity index (χ0) is 17.3. The van der Waals surface area contributed by atoms with Crippen molar-refractivity contribution in [2.24, 2.45) is 0 Å². The molecular formula is C16H15ClN2O3S2. The van der Waals surface area contributed by atoms with E-state index in [1.165, 1.54) is 0 Å². The maximum Gasteiger partial charge on any atom is 0.308 e. The first kappa shape index (κ1) is 17.0. The van der Waals surface area contributed by atoms with Gasteiger partial charge in [-0.25, -0.2) is 8.42 Å². The molecule has 3 aromatic rings. The van der Waals surface area contributed by atoms with Gasteiger partial charge < -0.3 is 0 Å². The maximum absolute atomic E-state index is 12.3. The van der Waals surface area contributed by atoms with Crippen molar-refractivity contribution in [3.63, 3.8) is 0 Å². The van der Waals surface area contributed by atoms with Crippen LogP contribution in [0.1, 0.15) is 12.5 Å². The average molecular weight is 383 g/mol. The molecule has 0 fully saturated rings. The fraction of sp³-hybridized carbons (Fsp3) is 0.188. The predicted octanol–water partition coefficient (Wildman–Crippen LogP) is 3.68. The van der Waals surface area contributed by atoms with E-state index in [1.807, 2.05) is 6.92 Å². The Morgan fingerprint density at radius 1 is 1.17 bits per heavy atom. The molecule has 1 heterocycles. The van der Waals surface area contributed by atoms with Gasteiger partial charge in [-0.2, -0.15) is 0 Å². The molecule has 0 aliphatic heterocycles. The fourth-order valence-electron chi connectivity index (χ4n) is 2.44. The fourth-order valence-corrected chi connectivity index (χ4v) is 4.75. The minimum Gasteiger partial charge on any atom is -0.299 e. The van der Waals surface area contributed by atoms with Crippen LogP contribution < -0.4 is 9.60 Å². The van der Waals surface area contributed by atoms with Gasteiger partial charge in [0, 0.05) is 11.6 Å². The van der Waals surface area contributed by atoms with E-state index < -0.39 is 10.0 Å². The van der Waals surface area contributed by atoms with Gasteiger partial charge in [0.1, 0.15) is 0 Å². The summed E-state index contributed by atoms with van der Waals surface area (Å²) >= 11 is 6.91. The smallest absolute Gasteiger partial charge is 0.299 e. The lowest BCUT2D eigenvalue weighted by Gasteiger charge is -2.08. The highest BCUT2D eigenvalue weighted by atomic mass is 35.5. The van der Waals surface area contributed by atoms with Crippen molar-refractivity contribution in [3.05, 3.63) is 62.7 Å². The van der Waals surface area contributed by atoms with Gasteiger partial charge in [0.05, 0.1) is 21.7 Å². The number of aryl methyl sites for hydroxylation is 1. The predicted molar refractivity (Wildman–Crippen MR) is 99.5 cm³/mol. The number of sulfonamides is 1. The number of rotatable bonds is 5. The second-order valence-corrected chi connectivity index (χ2v) is 8.43. The lowest BCUT2D eigenvalue weighted by atomic mass is 10.2. The van der Waals surface area contributed by atoms with Crippen LogP contribution in [0.25, 0.3) is 10.2 Å². The maximum atomic E-state index is 12.3. The van der Waals surface area contributed by atoms with Crippen LogP contribution in [0.2, 0.25) is 5.02 Å². The van der Waals surface area contributed by atoms with Gasteiger partial charge in [-0.3, -0.25) is 14.1 Å². The molecule has 1 aromatic heterocycles. The second kappa shape index (κ2) is 6.58. The molecule has 0 atom stereocenters. The number of halogens is 1. The van der Waals surface area contributed by atoms with Gasteiger partial charge in [-0.1, -0.05) is 35.1 Å². The van der Waals surface area contributed by atoms with Gasteiger partial charge >= 0.3 is 4.87 Å². The van der Waals surface area contributed by atoms with Crippen LogP contribution in [-0.4, -0.2) is 13.0 Å². The molecule has 0 saturated heterocycles. The van der Waals surface area contributed by atoms with E-state index >= 15 is 0 Å². The molecule has 2 aromatic carbocycles. The van der Waals surface area contributed by atoms with Crippen molar-refractivity contribution in [3.8, 4) is 0 Å². The first-order valence-corrected chi connectivity index (χ1v) is 10.1. The Morgan fingerprint density at radius 2 is 1.88 bits per heavy atom. The molecule has 0 amide bonds. The van der Waals surface area contributed by atoms with Gasteiger partial charge in [0.15, 0.2) is 0 Å². The number of aromatic nitrogens is 1. The molecule has 0 spiro atoms. The van der Waals surface area contributed by atoms with Crippen LogP contribution in [0.3, 0.4) is 0 Å². The number of benzene rings is 2. The topological polar surface area (TPSA) is 68.2 Å². The van der Waals surface area contributed by atoms with Crippen molar-refractivity contribution >= 4 is 48.9 Å². The van der Waals surface area contributed by atoms with Crippen molar-refractivity contribution in [2.45, 2.75) is 19.2 Å². The lowest BCUT2D eigenvalue weighted by Crippen LogP contribution is -2.15. The van der Waals surface area contributed by atoms with E-state index in [0.717, 1.165) is 21.6 Å². The number of nitrogens with one attached hydrogen (secondary N) is 1. The summed E-state index contributed by atoms with van der Waals surface area (Å²) in [7, 11) is -3.55. The molecule has 0 bridgehead atoms. The number of fused-ring (bicyclic) bond motifs is 1. The molecule has 0 unspecified atom stereocenters. The first-order chi connectivity index (χ1) is 11.4. The largest absolute Gasteiger partial charge is 0.308 e. The average Bonchev–Trinajstić information content (AvgIpc) is 2.83. The van der Waals surface area contributed by atoms with Crippen LogP contribution in [0, 0.1) is 0 Å². The third kappa shape index (κ3) is 3.63. The summed E-state index contributed by atoms with van der Waals surface area (Å²) in [6, 6.07) is 11.8. The van der Waals surface area contributed by atoms with Crippen LogP contribution in [-0.2, 0) is 22.3 Å². The number of hydrogen-bond donors (Lipinski definition) is 1. The van der Waals surface area contributed by atoms with E-state index in [1.54, 1.807) is 47.0 Å². The van der Waals surface area contributed by atoms with E-state index in [2.05, 4.69) is 4.72 Å². The van der Waals surface area contributed by atoms with E-state index in [4.69, 9.17) is 11.6 Å². The Bertz CT molecular complexity index is 1040. The Labute approximate surface area is 148 Å². The molecule has 3 rings (SSSR count). The zero-order valence-electron chi connectivity index (χ0n) is 12.8. The summed E-state index contributed by atoms with van der Waals surface area (Å²) in [6.45, 7) is 2.48. The highest BCUT2D eigenvalue weighted by Gasteiger charge is 2.13. The van der Waals surface area contributed by atoms with E-state index in [-0.39, 0.29) is 10.6 Å². The van der Waals surface area contributed by atoms with E-state index in [0.29, 0.717) is 22.8 Å². The summed E-state index contributed by atoms with van der Waals surface area (Å²) in [4.78, 5) is 11.8. The summed E-state index contributed by atoms with van der Waals surface area (Å²) in [6.07, 6.45) is 0. The highest BCUT2D eigenvalue weighted by Crippen LogP contribution is 2.23. The van der Waals surface area contributed by atoms with Crippen LogP contribution in [0.5, 0.6) is 0 Å². The van der Waals surface area contributed by atoms with Gasteiger partial charge in [-0.05, 0) is 42.8 Å². The summed E-state index contributed by atoms with van der Waals surface area (Å²) in [5.74, 6) is -0.144. The number of hydrogen-bond acceptors (Lipinski definition) is 4.